The van der Waals surface area contributed by atoms with Crippen molar-refractivity contribution in [3.05, 3.63) is 72.5 Å². The molecule has 0 spiro atoms. The number of nitrogens with one attached hydrogen (secondary N) is 1. The van der Waals surface area contributed by atoms with Crippen molar-refractivity contribution in [1.82, 2.24) is 20.3 Å². The van der Waals surface area contributed by atoms with E-state index in [1.807, 2.05) is 30.3 Å². The third-order valence-corrected chi connectivity index (χ3v) is 6.57. The third-order valence-electron chi connectivity index (χ3n) is 6.57. The van der Waals surface area contributed by atoms with E-state index in [0.29, 0.717) is 17.9 Å². The van der Waals surface area contributed by atoms with Crippen LogP contribution in [0.5, 0.6) is 5.75 Å². The van der Waals surface area contributed by atoms with Crippen LogP contribution < -0.4 is 9.64 Å². The maximum absolute atomic E-state index is 13.4. The van der Waals surface area contributed by atoms with Crippen molar-refractivity contribution < 1.29 is 13.7 Å². The van der Waals surface area contributed by atoms with Crippen molar-refractivity contribution in [3.8, 4) is 17.0 Å². The number of piperazine rings is 1. The number of halogens is 1. The maximum Gasteiger partial charge on any atom is 0.170 e. The summed E-state index contributed by atoms with van der Waals surface area (Å²) in [6.07, 6.45) is 0.965. The average Bonchev–Trinajstić information content (AvgIpc) is 3.52. The van der Waals surface area contributed by atoms with Crippen LogP contribution in [-0.2, 0) is 0 Å². The maximum atomic E-state index is 13.4. The number of H-pyrrole nitrogens is 1. The summed E-state index contributed by atoms with van der Waals surface area (Å²) < 4.78 is 24.6. The third kappa shape index (κ3) is 4.44. The Morgan fingerprint density at radius 1 is 0.943 bits per heavy atom. The van der Waals surface area contributed by atoms with E-state index in [0.717, 1.165) is 67.2 Å². The molecular formula is C27H26FN5O2. The van der Waals surface area contributed by atoms with Gasteiger partial charge in [0.05, 0.1) is 12.1 Å². The molecule has 1 saturated heterocycles. The zero-order valence-corrected chi connectivity index (χ0v) is 19.3. The van der Waals surface area contributed by atoms with Crippen LogP contribution in [0.25, 0.3) is 33.1 Å². The second-order valence-corrected chi connectivity index (χ2v) is 8.82. The molecule has 0 radical (unpaired) electrons. The van der Waals surface area contributed by atoms with Crippen LogP contribution in [0, 0.1) is 5.82 Å². The fraction of sp³-hybridized carbons (Fsp3) is 0.259. The number of hydrogen-bond acceptors (Lipinski definition) is 6. The van der Waals surface area contributed by atoms with Gasteiger partial charge < -0.3 is 14.2 Å². The topological polar surface area (TPSA) is 70.4 Å². The number of fused-ring (bicyclic) bond motifs is 2. The van der Waals surface area contributed by atoms with Crippen molar-refractivity contribution in [2.24, 2.45) is 0 Å². The number of rotatable bonds is 7. The van der Waals surface area contributed by atoms with Crippen LogP contribution >= 0.6 is 0 Å². The number of para-hydroxylation sites is 1. The number of aromatic amines is 1. The first-order valence-corrected chi connectivity index (χ1v) is 11.9. The van der Waals surface area contributed by atoms with Gasteiger partial charge in [-0.3, -0.25) is 10.00 Å². The molecule has 3 aromatic carbocycles. The highest BCUT2D eigenvalue weighted by molar-refractivity contribution is 5.91. The zero-order chi connectivity index (χ0) is 23.6. The Kier molecular flexibility index (Phi) is 5.79. The Morgan fingerprint density at radius 3 is 2.63 bits per heavy atom. The molecule has 2 aromatic heterocycles. The molecule has 0 aliphatic carbocycles. The van der Waals surface area contributed by atoms with E-state index in [-0.39, 0.29) is 5.82 Å². The molecular weight excluding hydrogens is 445 g/mol. The molecule has 1 aliphatic rings. The van der Waals surface area contributed by atoms with E-state index in [1.165, 1.54) is 17.5 Å². The molecule has 5 aromatic rings. The minimum atomic E-state index is -0.336. The summed E-state index contributed by atoms with van der Waals surface area (Å²) in [4.78, 5) is 4.85. The number of nitrogens with zero attached hydrogens (tertiary/aromatic N) is 4. The minimum absolute atomic E-state index is 0.336. The van der Waals surface area contributed by atoms with Crippen molar-refractivity contribution in [1.29, 1.82) is 0 Å². The fourth-order valence-electron chi connectivity index (χ4n) is 4.68. The van der Waals surface area contributed by atoms with Crippen molar-refractivity contribution in [3.63, 3.8) is 0 Å². The minimum Gasteiger partial charge on any atom is -0.494 e. The van der Waals surface area contributed by atoms with Gasteiger partial charge >= 0.3 is 0 Å². The zero-order valence-electron chi connectivity index (χ0n) is 19.3. The largest absolute Gasteiger partial charge is 0.494 e. The molecule has 0 bridgehead atoms. The molecule has 8 heteroatoms. The van der Waals surface area contributed by atoms with Crippen LogP contribution in [0.15, 0.2) is 71.3 Å². The van der Waals surface area contributed by atoms with Gasteiger partial charge in [-0.25, -0.2) is 4.39 Å². The van der Waals surface area contributed by atoms with Gasteiger partial charge in [0.25, 0.3) is 0 Å². The van der Waals surface area contributed by atoms with Crippen molar-refractivity contribution in [2.75, 3.05) is 44.2 Å². The summed E-state index contributed by atoms with van der Waals surface area (Å²) >= 11 is 0. The van der Waals surface area contributed by atoms with Crippen LogP contribution in [0.3, 0.4) is 0 Å². The summed E-state index contributed by atoms with van der Waals surface area (Å²) in [5, 5.41) is 13.7. The molecule has 35 heavy (non-hydrogen) atoms. The van der Waals surface area contributed by atoms with Gasteiger partial charge in [-0.2, -0.15) is 5.10 Å². The van der Waals surface area contributed by atoms with Gasteiger partial charge in [-0.1, -0.05) is 17.3 Å². The summed E-state index contributed by atoms with van der Waals surface area (Å²) in [6, 6.07) is 20.5. The molecule has 6 rings (SSSR count). The van der Waals surface area contributed by atoms with E-state index in [4.69, 9.17) is 9.26 Å². The highest BCUT2D eigenvalue weighted by atomic mass is 19.1. The molecule has 1 fully saturated rings. The van der Waals surface area contributed by atoms with Gasteiger partial charge in [0.15, 0.2) is 11.4 Å². The van der Waals surface area contributed by atoms with Gasteiger partial charge in [-0.15, -0.1) is 0 Å². The number of anilines is 1. The molecule has 3 heterocycles. The predicted molar refractivity (Wildman–Crippen MR) is 134 cm³/mol. The Hall–Kier alpha value is -3.91. The van der Waals surface area contributed by atoms with Crippen LogP contribution in [0.1, 0.15) is 6.42 Å². The number of ether oxygens (including phenoxy) is 1. The predicted octanol–water partition coefficient (Wildman–Crippen LogP) is 5.10. The second kappa shape index (κ2) is 9.38. The number of aromatic nitrogens is 3. The first-order chi connectivity index (χ1) is 17.2. The lowest BCUT2D eigenvalue weighted by molar-refractivity contribution is 0.224. The standard InChI is InChI=1S/C27H26FN5O2/c28-20-8-11-23-25(18-20)35-31-26(23)19-6-9-21(10-7-19)34-17-3-12-32-13-15-33(16-14-32)27-22-4-1-2-5-24(22)29-30-27/h1-2,4-11,18H,3,12-17H2,(H,29,30). The van der Waals surface area contributed by atoms with Gasteiger partial charge in [0.2, 0.25) is 0 Å². The molecule has 178 valence electrons. The van der Waals surface area contributed by atoms with E-state index in [9.17, 15) is 4.39 Å². The summed E-state index contributed by atoms with van der Waals surface area (Å²) in [5.41, 5.74) is 3.14. The van der Waals surface area contributed by atoms with Gasteiger partial charge in [-0.05, 0) is 55.0 Å². The molecule has 0 unspecified atom stereocenters. The van der Waals surface area contributed by atoms with Crippen LogP contribution in [0.2, 0.25) is 0 Å². The lowest BCUT2D eigenvalue weighted by Gasteiger charge is -2.35. The lowest BCUT2D eigenvalue weighted by Crippen LogP contribution is -2.47. The monoisotopic (exact) mass is 471 g/mol. The Morgan fingerprint density at radius 2 is 1.77 bits per heavy atom. The Balaban J connectivity index is 0.973. The molecule has 0 atom stereocenters. The average molecular weight is 472 g/mol. The first kappa shape index (κ1) is 21.6. The normalized spacial score (nSPS) is 14.7. The van der Waals surface area contributed by atoms with Crippen LogP contribution in [0.4, 0.5) is 10.2 Å². The van der Waals surface area contributed by atoms with Crippen molar-refractivity contribution >= 4 is 27.7 Å². The molecule has 7 nitrogen and oxygen atoms in total. The van der Waals surface area contributed by atoms with Crippen LogP contribution in [-0.4, -0.2) is 59.6 Å². The Labute approximate surface area is 202 Å². The quantitative estimate of drug-likeness (QED) is 0.333. The Bertz CT molecular complexity index is 1440. The van der Waals surface area contributed by atoms with Gasteiger partial charge in [0, 0.05) is 55.1 Å². The van der Waals surface area contributed by atoms with Crippen molar-refractivity contribution in [2.45, 2.75) is 6.42 Å². The first-order valence-electron chi connectivity index (χ1n) is 11.9. The summed E-state index contributed by atoms with van der Waals surface area (Å²) in [6.45, 7) is 5.66. The molecule has 1 aliphatic heterocycles. The van der Waals surface area contributed by atoms with Gasteiger partial charge in [0.1, 0.15) is 17.3 Å². The van der Waals surface area contributed by atoms with E-state index < -0.39 is 0 Å². The summed E-state index contributed by atoms with van der Waals surface area (Å²) in [5.74, 6) is 1.54. The second-order valence-electron chi connectivity index (χ2n) is 8.82. The summed E-state index contributed by atoms with van der Waals surface area (Å²) in [7, 11) is 0. The SMILES string of the molecule is Fc1ccc2c(-c3ccc(OCCCN4CCN(c5n[nH]c6ccccc56)CC4)cc3)noc2c1. The highest BCUT2D eigenvalue weighted by Gasteiger charge is 2.20. The van der Waals surface area contributed by atoms with E-state index in [2.05, 4.69) is 43.4 Å². The highest BCUT2D eigenvalue weighted by Crippen LogP contribution is 2.29. The smallest absolute Gasteiger partial charge is 0.170 e. The molecule has 0 saturated carbocycles. The molecule has 0 amide bonds. The van der Waals surface area contributed by atoms with E-state index in [1.54, 1.807) is 6.07 Å². The molecule has 1 N–H and O–H groups in total. The number of benzene rings is 3. The number of hydrogen-bond donors (Lipinski definition) is 1. The lowest BCUT2D eigenvalue weighted by atomic mass is 10.1. The fourth-order valence-corrected chi connectivity index (χ4v) is 4.68. The van der Waals surface area contributed by atoms with E-state index >= 15 is 0 Å².